The van der Waals surface area contributed by atoms with Crippen LogP contribution in [0.15, 0.2) is 24.3 Å². The monoisotopic (exact) mass is 289 g/mol. The molecule has 2 aromatic rings. The summed E-state index contributed by atoms with van der Waals surface area (Å²) >= 11 is 6.03. The van der Waals surface area contributed by atoms with Crippen LogP contribution in [0.5, 0.6) is 5.75 Å². The first-order chi connectivity index (χ1) is 9.72. The van der Waals surface area contributed by atoms with Crippen molar-refractivity contribution in [2.45, 2.75) is 18.8 Å². The van der Waals surface area contributed by atoms with Gasteiger partial charge in [0, 0.05) is 18.5 Å². The molecule has 0 radical (unpaired) electrons. The predicted molar refractivity (Wildman–Crippen MR) is 79.7 cm³/mol. The first-order valence-corrected chi connectivity index (χ1v) is 6.98. The quantitative estimate of drug-likeness (QED) is 0.881. The summed E-state index contributed by atoms with van der Waals surface area (Å²) in [5, 5.41) is 3.40. The number of methoxy groups -OCH3 is 1. The SMILES string of the molecule is CNc1nc(Cl)nc2c1CCC2c1cccc(OC)c1. The van der Waals surface area contributed by atoms with E-state index >= 15 is 0 Å². The van der Waals surface area contributed by atoms with Gasteiger partial charge in [-0.25, -0.2) is 9.97 Å². The molecular formula is C15H16ClN3O. The van der Waals surface area contributed by atoms with Gasteiger partial charge in [0.05, 0.1) is 12.8 Å². The van der Waals surface area contributed by atoms with Crippen LogP contribution < -0.4 is 10.1 Å². The Kier molecular flexibility index (Phi) is 3.49. The van der Waals surface area contributed by atoms with Crippen molar-refractivity contribution in [3.8, 4) is 5.75 Å². The van der Waals surface area contributed by atoms with Crippen molar-refractivity contribution in [3.05, 3.63) is 46.4 Å². The van der Waals surface area contributed by atoms with Crippen LogP contribution in [-0.4, -0.2) is 24.1 Å². The summed E-state index contributed by atoms with van der Waals surface area (Å²) in [5.41, 5.74) is 3.41. The molecule has 0 bridgehead atoms. The summed E-state index contributed by atoms with van der Waals surface area (Å²) in [6, 6.07) is 8.13. The molecule has 1 aliphatic rings. The van der Waals surface area contributed by atoms with E-state index in [0.29, 0.717) is 5.28 Å². The zero-order chi connectivity index (χ0) is 14.1. The van der Waals surface area contributed by atoms with Crippen molar-refractivity contribution >= 4 is 17.4 Å². The van der Waals surface area contributed by atoms with Gasteiger partial charge in [-0.3, -0.25) is 0 Å². The number of rotatable bonds is 3. The molecular weight excluding hydrogens is 274 g/mol. The molecule has 0 amide bonds. The van der Waals surface area contributed by atoms with Crippen molar-refractivity contribution in [3.63, 3.8) is 0 Å². The van der Waals surface area contributed by atoms with Crippen molar-refractivity contribution in [2.24, 2.45) is 0 Å². The van der Waals surface area contributed by atoms with Gasteiger partial charge < -0.3 is 10.1 Å². The lowest BCUT2D eigenvalue weighted by Gasteiger charge is -2.13. The van der Waals surface area contributed by atoms with Gasteiger partial charge in [-0.05, 0) is 42.1 Å². The fourth-order valence-electron chi connectivity index (χ4n) is 2.82. The number of fused-ring (bicyclic) bond motifs is 1. The molecule has 0 saturated heterocycles. The number of benzene rings is 1. The van der Waals surface area contributed by atoms with E-state index in [2.05, 4.69) is 27.4 Å². The summed E-state index contributed by atoms with van der Waals surface area (Å²) in [7, 11) is 3.54. The highest BCUT2D eigenvalue weighted by atomic mass is 35.5. The molecule has 1 aromatic heterocycles. The number of ether oxygens (including phenoxy) is 1. The Hall–Kier alpha value is -1.81. The predicted octanol–water partition coefficient (Wildman–Crippen LogP) is 3.26. The minimum absolute atomic E-state index is 0.257. The van der Waals surface area contributed by atoms with E-state index in [4.69, 9.17) is 16.3 Å². The van der Waals surface area contributed by atoms with Crippen LogP contribution in [0.1, 0.15) is 29.2 Å². The van der Waals surface area contributed by atoms with Crippen LogP contribution in [0.3, 0.4) is 0 Å². The highest BCUT2D eigenvalue weighted by molar-refractivity contribution is 6.28. The number of aromatic nitrogens is 2. The number of hydrogen-bond donors (Lipinski definition) is 1. The lowest BCUT2D eigenvalue weighted by molar-refractivity contribution is 0.414. The molecule has 20 heavy (non-hydrogen) atoms. The number of nitrogens with one attached hydrogen (secondary N) is 1. The van der Waals surface area contributed by atoms with Gasteiger partial charge in [0.2, 0.25) is 5.28 Å². The average Bonchev–Trinajstić information content (AvgIpc) is 2.90. The van der Waals surface area contributed by atoms with Crippen LogP contribution in [0.4, 0.5) is 5.82 Å². The highest BCUT2D eigenvalue weighted by Crippen LogP contribution is 2.40. The van der Waals surface area contributed by atoms with Gasteiger partial charge in [-0.15, -0.1) is 0 Å². The molecule has 1 aromatic carbocycles. The first-order valence-electron chi connectivity index (χ1n) is 6.61. The standard InChI is InChI=1S/C15H16ClN3O/c1-17-14-12-7-6-11(13(12)18-15(16)19-14)9-4-3-5-10(8-9)20-2/h3-5,8,11H,6-7H2,1-2H3,(H,17,18,19). The van der Waals surface area contributed by atoms with Crippen molar-refractivity contribution in [1.29, 1.82) is 0 Å². The third-order valence-corrected chi connectivity index (χ3v) is 3.93. The number of halogens is 1. The second kappa shape index (κ2) is 5.29. The van der Waals surface area contributed by atoms with Crippen LogP contribution in [-0.2, 0) is 6.42 Å². The van der Waals surface area contributed by atoms with E-state index in [0.717, 1.165) is 30.1 Å². The summed E-state index contributed by atoms with van der Waals surface area (Å²) in [6.45, 7) is 0. The summed E-state index contributed by atoms with van der Waals surface area (Å²) < 4.78 is 5.30. The maximum absolute atomic E-state index is 6.03. The zero-order valence-corrected chi connectivity index (χ0v) is 12.2. The minimum atomic E-state index is 0.257. The highest BCUT2D eigenvalue weighted by Gasteiger charge is 2.29. The largest absolute Gasteiger partial charge is 0.497 e. The van der Waals surface area contributed by atoms with Crippen LogP contribution >= 0.6 is 11.6 Å². The van der Waals surface area contributed by atoms with Crippen LogP contribution in [0.2, 0.25) is 5.28 Å². The molecule has 0 aliphatic heterocycles. The second-order valence-corrected chi connectivity index (χ2v) is 5.16. The lowest BCUT2D eigenvalue weighted by Crippen LogP contribution is -2.04. The van der Waals surface area contributed by atoms with Gasteiger partial charge in [0.15, 0.2) is 0 Å². The molecule has 0 fully saturated rings. The Morgan fingerprint density at radius 1 is 1.35 bits per heavy atom. The number of hydrogen-bond acceptors (Lipinski definition) is 4. The number of anilines is 1. The zero-order valence-electron chi connectivity index (χ0n) is 11.5. The molecule has 0 saturated carbocycles. The van der Waals surface area contributed by atoms with E-state index < -0.39 is 0 Å². The van der Waals surface area contributed by atoms with E-state index in [-0.39, 0.29) is 5.92 Å². The molecule has 104 valence electrons. The Labute approximate surface area is 123 Å². The average molecular weight is 290 g/mol. The van der Waals surface area contributed by atoms with Crippen LogP contribution in [0.25, 0.3) is 0 Å². The molecule has 1 N–H and O–H groups in total. The molecule has 0 spiro atoms. The van der Waals surface area contributed by atoms with E-state index in [9.17, 15) is 0 Å². The van der Waals surface area contributed by atoms with E-state index in [1.54, 1.807) is 7.11 Å². The lowest BCUT2D eigenvalue weighted by atomic mass is 9.96. The third-order valence-electron chi connectivity index (χ3n) is 3.76. The Bertz CT molecular complexity index is 645. The normalized spacial score (nSPS) is 16.9. The summed E-state index contributed by atoms with van der Waals surface area (Å²) in [5.74, 6) is 1.96. The minimum Gasteiger partial charge on any atom is -0.497 e. The first kappa shape index (κ1) is 13.2. The van der Waals surface area contributed by atoms with Crippen molar-refractivity contribution in [1.82, 2.24) is 9.97 Å². The summed E-state index contributed by atoms with van der Waals surface area (Å²) in [4.78, 5) is 8.69. The maximum Gasteiger partial charge on any atom is 0.224 e. The van der Waals surface area contributed by atoms with Crippen LogP contribution in [0, 0.1) is 0 Å². The van der Waals surface area contributed by atoms with Gasteiger partial charge in [-0.2, -0.15) is 0 Å². The molecule has 4 nitrogen and oxygen atoms in total. The second-order valence-electron chi connectivity index (χ2n) is 4.82. The van der Waals surface area contributed by atoms with E-state index in [1.165, 1.54) is 11.1 Å². The summed E-state index contributed by atoms with van der Waals surface area (Å²) in [6.07, 6.45) is 1.98. The molecule has 1 atom stereocenters. The van der Waals surface area contributed by atoms with Crippen molar-refractivity contribution < 1.29 is 4.74 Å². The topological polar surface area (TPSA) is 47.0 Å². The Morgan fingerprint density at radius 2 is 2.20 bits per heavy atom. The fourth-order valence-corrected chi connectivity index (χ4v) is 3.00. The van der Waals surface area contributed by atoms with Gasteiger partial charge >= 0.3 is 0 Å². The molecule has 1 unspecified atom stereocenters. The molecule has 1 aliphatic carbocycles. The molecule has 1 heterocycles. The Balaban J connectivity index is 2.06. The van der Waals surface area contributed by atoms with Crippen molar-refractivity contribution in [2.75, 3.05) is 19.5 Å². The van der Waals surface area contributed by atoms with E-state index in [1.807, 2.05) is 19.2 Å². The Morgan fingerprint density at radius 3 is 2.95 bits per heavy atom. The van der Waals surface area contributed by atoms with Gasteiger partial charge in [0.25, 0.3) is 0 Å². The molecule has 3 rings (SSSR count). The number of nitrogens with zero attached hydrogens (tertiary/aromatic N) is 2. The smallest absolute Gasteiger partial charge is 0.224 e. The van der Waals surface area contributed by atoms with Gasteiger partial charge in [-0.1, -0.05) is 12.1 Å². The maximum atomic E-state index is 6.03. The third kappa shape index (κ3) is 2.20. The molecule has 5 heteroatoms. The fraction of sp³-hybridized carbons (Fsp3) is 0.333. The van der Waals surface area contributed by atoms with Gasteiger partial charge in [0.1, 0.15) is 11.6 Å².